The first kappa shape index (κ1) is 13.0. The van der Waals surface area contributed by atoms with Crippen LogP contribution in [0.15, 0.2) is 0 Å². The Kier molecular flexibility index (Phi) is 5.07. The van der Waals surface area contributed by atoms with Gasteiger partial charge in [0.15, 0.2) is 0 Å². The van der Waals surface area contributed by atoms with E-state index in [0.717, 1.165) is 12.8 Å². The molecule has 1 fully saturated rings. The van der Waals surface area contributed by atoms with Crippen LogP contribution in [-0.4, -0.2) is 35.7 Å². The van der Waals surface area contributed by atoms with E-state index in [0.29, 0.717) is 5.41 Å². The van der Waals surface area contributed by atoms with Crippen LogP contribution in [0.2, 0.25) is 0 Å². The number of aliphatic hydroxyl groups excluding tert-OH is 1. The van der Waals surface area contributed by atoms with Crippen LogP contribution in [-0.2, 0) is 0 Å². The van der Waals surface area contributed by atoms with E-state index in [4.69, 9.17) is 5.11 Å². The Balaban J connectivity index is 2.11. The Labute approximate surface area is 94.7 Å². The summed E-state index contributed by atoms with van der Waals surface area (Å²) in [5, 5.41) is 9.16. The highest BCUT2D eigenvalue weighted by molar-refractivity contribution is 4.79. The molecular formula is C13H27NO. The molecule has 0 amide bonds. The lowest BCUT2D eigenvalue weighted by molar-refractivity contribution is 0.113. The maximum absolute atomic E-state index is 9.16. The number of nitrogens with zero attached hydrogens (tertiary/aromatic N) is 1. The van der Waals surface area contributed by atoms with Crippen molar-refractivity contribution in [2.24, 2.45) is 5.41 Å². The van der Waals surface area contributed by atoms with Crippen LogP contribution in [0.3, 0.4) is 0 Å². The van der Waals surface area contributed by atoms with Crippen LogP contribution in [0, 0.1) is 5.41 Å². The number of piperidine rings is 1. The van der Waals surface area contributed by atoms with Crippen molar-refractivity contribution in [3.63, 3.8) is 0 Å². The molecule has 0 aromatic heterocycles. The molecule has 1 unspecified atom stereocenters. The molecule has 0 aromatic rings. The van der Waals surface area contributed by atoms with Crippen LogP contribution in [0.1, 0.15) is 52.9 Å². The molecule has 1 N–H and O–H groups in total. The van der Waals surface area contributed by atoms with Crippen molar-refractivity contribution in [1.82, 2.24) is 4.90 Å². The first-order valence-electron chi connectivity index (χ1n) is 6.40. The van der Waals surface area contributed by atoms with E-state index in [1.165, 1.54) is 38.9 Å². The molecule has 0 spiro atoms. The zero-order valence-electron chi connectivity index (χ0n) is 10.6. The smallest absolute Gasteiger partial charge is 0.0512 e. The van der Waals surface area contributed by atoms with Crippen LogP contribution in [0.25, 0.3) is 0 Å². The third-order valence-corrected chi connectivity index (χ3v) is 3.33. The van der Waals surface area contributed by atoms with Gasteiger partial charge in [0.2, 0.25) is 0 Å². The highest BCUT2D eigenvalue weighted by Gasteiger charge is 2.25. The van der Waals surface area contributed by atoms with Crippen LogP contribution in [0.5, 0.6) is 0 Å². The van der Waals surface area contributed by atoms with Crippen molar-refractivity contribution in [1.29, 1.82) is 0 Å². The summed E-state index contributed by atoms with van der Waals surface area (Å²) in [7, 11) is 0. The van der Waals surface area contributed by atoms with Crippen LogP contribution >= 0.6 is 0 Å². The highest BCUT2D eigenvalue weighted by atomic mass is 16.3. The van der Waals surface area contributed by atoms with E-state index in [9.17, 15) is 0 Å². The maximum atomic E-state index is 9.16. The quantitative estimate of drug-likeness (QED) is 0.710. The summed E-state index contributed by atoms with van der Waals surface area (Å²) in [5.74, 6) is 0. The van der Waals surface area contributed by atoms with Gasteiger partial charge in [0.1, 0.15) is 0 Å². The maximum Gasteiger partial charge on any atom is 0.0512 e. The normalized spacial score (nSPS) is 24.0. The molecule has 1 aliphatic rings. The minimum atomic E-state index is -0.122. The SMILES string of the molecule is CC(O)CCCCN1CCCC(C)(C)C1. The lowest BCUT2D eigenvalue weighted by atomic mass is 9.84. The van der Waals surface area contributed by atoms with Gasteiger partial charge < -0.3 is 10.0 Å². The van der Waals surface area contributed by atoms with E-state index in [-0.39, 0.29) is 6.10 Å². The van der Waals surface area contributed by atoms with E-state index in [2.05, 4.69) is 18.7 Å². The average molecular weight is 213 g/mol. The minimum absolute atomic E-state index is 0.122. The lowest BCUT2D eigenvalue weighted by Gasteiger charge is -2.38. The van der Waals surface area contributed by atoms with Crippen molar-refractivity contribution in [2.75, 3.05) is 19.6 Å². The molecule has 1 heterocycles. The van der Waals surface area contributed by atoms with Crippen LogP contribution in [0.4, 0.5) is 0 Å². The fraction of sp³-hybridized carbons (Fsp3) is 1.00. The minimum Gasteiger partial charge on any atom is -0.393 e. The summed E-state index contributed by atoms with van der Waals surface area (Å²) in [5.41, 5.74) is 0.516. The molecule has 1 saturated heterocycles. The molecule has 90 valence electrons. The number of likely N-dealkylation sites (tertiary alicyclic amines) is 1. The molecule has 1 rings (SSSR count). The Bertz CT molecular complexity index is 177. The Hall–Kier alpha value is -0.0800. The zero-order chi connectivity index (χ0) is 11.3. The number of rotatable bonds is 5. The third-order valence-electron chi connectivity index (χ3n) is 3.33. The first-order chi connectivity index (χ1) is 6.99. The fourth-order valence-electron chi connectivity index (χ4n) is 2.51. The Morgan fingerprint density at radius 2 is 2.07 bits per heavy atom. The standard InChI is InChI=1S/C13H27NO/c1-12(15)7-4-5-9-14-10-6-8-13(2,3)11-14/h12,15H,4-11H2,1-3H3. The number of aliphatic hydroxyl groups is 1. The summed E-state index contributed by atoms with van der Waals surface area (Å²) < 4.78 is 0. The van der Waals surface area contributed by atoms with Gasteiger partial charge in [-0.15, -0.1) is 0 Å². The van der Waals surface area contributed by atoms with Gasteiger partial charge in [0, 0.05) is 6.54 Å². The van der Waals surface area contributed by atoms with Gasteiger partial charge in [-0.1, -0.05) is 13.8 Å². The van der Waals surface area contributed by atoms with E-state index in [1.54, 1.807) is 0 Å². The molecule has 0 radical (unpaired) electrons. The summed E-state index contributed by atoms with van der Waals surface area (Å²) in [6.07, 6.45) is 5.95. The predicted octanol–water partition coefficient (Wildman–Crippen LogP) is 2.66. The second kappa shape index (κ2) is 5.86. The number of hydrogen-bond acceptors (Lipinski definition) is 2. The zero-order valence-corrected chi connectivity index (χ0v) is 10.6. The number of unbranched alkanes of at least 4 members (excludes halogenated alkanes) is 1. The summed E-state index contributed by atoms with van der Waals surface area (Å²) in [6, 6.07) is 0. The van der Waals surface area contributed by atoms with Gasteiger partial charge in [-0.05, 0) is 57.5 Å². The van der Waals surface area contributed by atoms with Crippen molar-refractivity contribution in [3.05, 3.63) is 0 Å². The molecule has 0 saturated carbocycles. The van der Waals surface area contributed by atoms with Gasteiger partial charge in [0.05, 0.1) is 6.10 Å². The third kappa shape index (κ3) is 5.53. The Morgan fingerprint density at radius 3 is 2.67 bits per heavy atom. The molecule has 0 bridgehead atoms. The average Bonchev–Trinajstić information content (AvgIpc) is 2.10. The molecular weight excluding hydrogens is 186 g/mol. The van der Waals surface area contributed by atoms with Gasteiger partial charge in [-0.25, -0.2) is 0 Å². The van der Waals surface area contributed by atoms with Gasteiger partial charge in [0.25, 0.3) is 0 Å². The molecule has 0 aliphatic carbocycles. The van der Waals surface area contributed by atoms with E-state index in [1.807, 2.05) is 6.92 Å². The fourth-order valence-corrected chi connectivity index (χ4v) is 2.51. The monoisotopic (exact) mass is 213 g/mol. The van der Waals surface area contributed by atoms with Crippen molar-refractivity contribution < 1.29 is 5.11 Å². The topological polar surface area (TPSA) is 23.5 Å². The van der Waals surface area contributed by atoms with E-state index < -0.39 is 0 Å². The van der Waals surface area contributed by atoms with Crippen LogP contribution < -0.4 is 0 Å². The van der Waals surface area contributed by atoms with E-state index >= 15 is 0 Å². The summed E-state index contributed by atoms with van der Waals surface area (Å²) in [6.45, 7) is 10.4. The van der Waals surface area contributed by atoms with Crippen molar-refractivity contribution >= 4 is 0 Å². The molecule has 1 atom stereocenters. The predicted molar refractivity (Wildman–Crippen MR) is 65.0 cm³/mol. The molecule has 0 aromatic carbocycles. The van der Waals surface area contributed by atoms with Crippen molar-refractivity contribution in [3.8, 4) is 0 Å². The van der Waals surface area contributed by atoms with Gasteiger partial charge in [-0.2, -0.15) is 0 Å². The molecule has 2 nitrogen and oxygen atoms in total. The summed E-state index contributed by atoms with van der Waals surface area (Å²) in [4.78, 5) is 2.59. The van der Waals surface area contributed by atoms with Gasteiger partial charge >= 0.3 is 0 Å². The summed E-state index contributed by atoms with van der Waals surface area (Å²) >= 11 is 0. The highest BCUT2D eigenvalue weighted by Crippen LogP contribution is 2.28. The lowest BCUT2D eigenvalue weighted by Crippen LogP contribution is -2.40. The Morgan fingerprint density at radius 1 is 1.33 bits per heavy atom. The molecule has 2 heteroatoms. The first-order valence-corrected chi connectivity index (χ1v) is 6.40. The molecule has 15 heavy (non-hydrogen) atoms. The number of hydrogen-bond donors (Lipinski definition) is 1. The van der Waals surface area contributed by atoms with Crippen molar-refractivity contribution in [2.45, 2.75) is 59.0 Å². The second-order valence-electron chi connectivity index (χ2n) is 5.89. The second-order valence-corrected chi connectivity index (χ2v) is 5.89. The molecule has 1 aliphatic heterocycles. The van der Waals surface area contributed by atoms with Gasteiger partial charge in [-0.3, -0.25) is 0 Å². The largest absolute Gasteiger partial charge is 0.393 e.